The lowest BCUT2D eigenvalue weighted by molar-refractivity contribution is 0.192. The Morgan fingerprint density at radius 1 is 1.90 bits per heavy atom. The van der Waals surface area contributed by atoms with E-state index in [0.29, 0.717) is 0 Å². The van der Waals surface area contributed by atoms with Crippen LogP contribution >= 0.6 is 0 Å². The van der Waals surface area contributed by atoms with E-state index in [-0.39, 0.29) is 5.57 Å². The molecular weight excluding hydrogens is 132 g/mol. The minimum absolute atomic E-state index is 0.211. The molecule has 0 aliphatic heterocycles. The van der Waals surface area contributed by atoms with Gasteiger partial charge in [-0.25, -0.2) is 4.79 Å². The number of hydrogen-bond acceptors (Lipinski definition) is 2. The molecule has 0 aliphatic carbocycles. The molecule has 1 unspecified atom stereocenters. The topological polar surface area (TPSA) is 73.1 Å². The number of carboxylic acid groups (broad SMARTS) is 1. The molecule has 0 fully saturated rings. The van der Waals surface area contributed by atoms with Crippen molar-refractivity contribution >= 4 is 6.09 Å². The minimum Gasteiger partial charge on any atom is -0.465 e. The molecule has 0 saturated carbocycles. The lowest BCUT2D eigenvalue weighted by Gasteiger charge is -2.06. The van der Waals surface area contributed by atoms with E-state index < -0.39 is 12.1 Å². The Kier molecular flexibility index (Phi) is 2.98. The molecule has 0 aromatic carbocycles. The average Bonchev–Trinajstić information content (AvgIpc) is 1.85. The first kappa shape index (κ1) is 8.50. The van der Waals surface area contributed by atoms with Crippen LogP contribution in [-0.4, -0.2) is 17.2 Å². The summed E-state index contributed by atoms with van der Waals surface area (Å²) >= 11 is 0. The fourth-order valence-corrected chi connectivity index (χ4v) is 0.369. The summed E-state index contributed by atoms with van der Waals surface area (Å²) in [6.07, 6.45) is -1.15. The second-order valence-corrected chi connectivity index (χ2v) is 1.81. The van der Waals surface area contributed by atoms with Crippen molar-refractivity contribution in [3.63, 3.8) is 0 Å². The highest BCUT2D eigenvalue weighted by Gasteiger charge is 2.06. The molecule has 0 bridgehead atoms. The van der Waals surface area contributed by atoms with E-state index >= 15 is 0 Å². The quantitative estimate of drug-likeness (QED) is 0.555. The third-order valence-electron chi connectivity index (χ3n) is 1.01. The van der Waals surface area contributed by atoms with Crippen molar-refractivity contribution in [2.24, 2.45) is 0 Å². The van der Waals surface area contributed by atoms with Gasteiger partial charge in [0, 0.05) is 5.57 Å². The predicted octanol–water partition coefficient (Wildman–Crippen LogP) is 0.722. The molecular formula is C6H8N2O2. The first-order valence-electron chi connectivity index (χ1n) is 2.66. The molecule has 10 heavy (non-hydrogen) atoms. The highest BCUT2D eigenvalue weighted by molar-refractivity contribution is 5.65. The van der Waals surface area contributed by atoms with Gasteiger partial charge in [-0.3, -0.25) is 0 Å². The van der Waals surface area contributed by atoms with E-state index in [0.717, 1.165) is 0 Å². The van der Waals surface area contributed by atoms with Crippen LogP contribution in [0.15, 0.2) is 12.2 Å². The molecule has 0 aromatic rings. The van der Waals surface area contributed by atoms with Crippen LogP contribution in [0, 0.1) is 11.3 Å². The largest absolute Gasteiger partial charge is 0.465 e. The normalized spacial score (nSPS) is 11.2. The number of nitriles is 1. The minimum atomic E-state index is -1.15. The molecule has 1 amide bonds. The Hall–Kier alpha value is -1.50. The van der Waals surface area contributed by atoms with Gasteiger partial charge in [0.15, 0.2) is 0 Å². The zero-order valence-electron chi connectivity index (χ0n) is 5.59. The highest BCUT2D eigenvalue weighted by atomic mass is 16.4. The summed E-state index contributed by atoms with van der Waals surface area (Å²) in [6, 6.07) is 1.25. The van der Waals surface area contributed by atoms with E-state index in [1.807, 2.05) is 0 Å². The summed E-state index contributed by atoms with van der Waals surface area (Å²) in [6.45, 7) is 4.89. The maximum Gasteiger partial charge on any atom is 0.405 e. The van der Waals surface area contributed by atoms with E-state index in [1.54, 1.807) is 13.0 Å². The zero-order valence-corrected chi connectivity index (χ0v) is 5.59. The summed E-state index contributed by atoms with van der Waals surface area (Å²) in [7, 11) is 0. The standard InChI is InChI=1S/C6H8N2O2/c1-4(3-7)5(2)8-6(9)10/h5,8H,1H2,2H3,(H,9,10). The Labute approximate surface area is 58.8 Å². The monoisotopic (exact) mass is 140 g/mol. The third-order valence-corrected chi connectivity index (χ3v) is 1.01. The van der Waals surface area contributed by atoms with Gasteiger partial charge in [0.1, 0.15) is 0 Å². The van der Waals surface area contributed by atoms with Crippen LogP contribution in [-0.2, 0) is 0 Å². The third kappa shape index (κ3) is 2.72. The number of nitrogens with zero attached hydrogens (tertiary/aromatic N) is 1. The van der Waals surface area contributed by atoms with Gasteiger partial charge in [-0.1, -0.05) is 6.58 Å². The molecule has 0 radical (unpaired) electrons. The lowest BCUT2D eigenvalue weighted by atomic mass is 10.2. The van der Waals surface area contributed by atoms with Gasteiger partial charge >= 0.3 is 6.09 Å². The molecule has 0 rings (SSSR count). The first-order valence-corrected chi connectivity index (χ1v) is 2.66. The van der Waals surface area contributed by atoms with Crippen LogP contribution in [0.1, 0.15) is 6.92 Å². The van der Waals surface area contributed by atoms with Crippen molar-refractivity contribution in [2.75, 3.05) is 0 Å². The molecule has 0 heterocycles. The van der Waals surface area contributed by atoms with Crippen LogP contribution < -0.4 is 5.32 Å². The summed E-state index contributed by atoms with van der Waals surface area (Å²) in [5, 5.41) is 18.5. The zero-order chi connectivity index (χ0) is 8.15. The molecule has 4 heteroatoms. The van der Waals surface area contributed by atoms with Gasteiger partial charge in [-0.2, -0.15) is 5.26 Å². The summed E-state index contributed by atoms with van der Waals surface area (Å²) < 4.78 is 0. The van der Waals surface area contributed by atoms with E-state index in [4.69, 9.17) is 10.4 Å². The SMILES string of the molecule is C=C(C#N)C(C)NC(=O)O. The maximum absolute atomic E-state index is 9.97. The van der Waals surface area contributed by atoms with E-state index in [2.05, 4.69) is 11.9 Å². The van der Waals surface area contributed by atoms with Crippen LogP contribution in [0.3, 0.4) is 0 Å². The van der Waals surface area contributed by atoms with E-state index in [9.17, 15) is 4.79 Å². The highest BCUT2D eigenvalue weighted by Crippen LogP contribution is 1.94. The van der Waals surface area contributed by atoms with Crippen LogP contribution in [0.2, 0.25) is 0 Å². The number of carbonyl (C=O) groups is 1. The van der Waals surface area contributed by atoms with Gasteiger partial charge in [-0.15, -0.1) is 0 Å². The molecule has 0 saturated heterocycles. The van der Waals surface area contributed by atoms with Crippen LogP contribution in [0.4, 0.5) is 4.79 Å². The molecule has 2 N–H and O–H groups in total. The summed E-state index contributed by atoms with van der Waals surface area (Å²) in [5.74, 6) is 0. The molecule has 0 aromatic heterocycles. The number of amides is 1. The Balaban J connectivity index is 3.88. The average molecular weight is 140 g/mol. The summed E-state index contributed by atoms with van der Waals surface area (Å²) in [4.78, 5) is 9.97. The fourth-order valence-electron chi connectivity index (χ4n) is 0.369. The van der Waals surface area contributed by atoms with Crippen molar-refractivity contribution in [3.05, 3.63) is 12.2 Å². The van der Waals surface area contributed by atoms with Gasteiger partial charge in [-0.05, 0) is 6.92 Å². The smallest absolute Gasteiger partial charge is 0.405 e. The first-order chi connectivity index (χ1) is 4.57. The fraction of sp³-hybridized carbons (Fsp3) is 0.333. The number of nitrogens with one attached hydrogen (secondary N) is 1. The number of hydrogen-bond donors (Lipinski definition) is 2. The van der Waals surface area contributed by atoms with Gasteiger partial charge in [0.25, 0.3) is 0 Å². The molecule has 0 spiro atoms. The summed E-state index contributed by atoms with van der Waals surface area (Å²) in [5.41, 5.74) is 0.211. The van der Waals surface area contributed by atoms with Crippen molar-refractivity contribution in [1.82, 2.24) is 5.32 Å². The van der Waals surface area contributed by atoms with Crippen LogP contribution in [0.25, 0.3) is 0 Å². The predicted molar refractivity (Wildman–Crippen MR) is 35.4 cm³/mol. The Morgan fingerprint density at radius 2 is 2.40 bits per heavy atom. The second kappa shape index (κ2) is 3.51. The van der Waals surface area contributed by atoms with E-state index in [1.165, 1.54) is 0 Å². The van der Waals surface area contributed by atoms with Crippen molar-refractivity contribution in [3.8, 4) is 6.07 Å². The van der Waals surface area contributed by atoms with Crippen molar-refractivity contribution in [2.45, 2.75) is 13.0 Å². The Morgan fingerprint density at radius 3 is 2.70 bits per heavy atom. The molecule has 1 atom stereocenters. The van der Waals surface area contributed by atoms with Crippen molar-refractivity contribution < 1.29 is 9.90 Å². The van der Waals surface area contributed by atoms with Crippen molar-refractivity contribution in [1.29, 1.82) is 5.26 Å². The lowest BCUT2D eigenvalue weighted by Crippen LogP contribution is -2.31. The second-order valence-electron chi connectivity index (χ2n) is 1.81. The van der Waals surface area contributed by atoms with Gasteiger partial charge in [0.05, 0.1) is 12.1 Å². The van der Waals surface area contributed by atoms with Crippen LogP contribution in [0.5, 0.6) is 0 Å². The molecule has 4 nitrogen and oxygen atoms in total. The number of rotatable bonds is 2. The maximum atomic E-state index is 9.97. The van der Waals surface area contributed by atoms with Gasteiger partial charge in [0.2, 0.25) is 0 Å². The molecule has 54 valence electrons. The molecule has 0 aliphatic rings. The Bertz CT molecular complexity index is 192. The van der Waals surface area contributed by atoms with Gasteiger partial charge < -0.3 is 10.4 Å².